The Morgan fingerprint density at radius 2 is 1.58 bits per heavy atom. The second-order valence-corrected chi connectivity index (χ2v) is 9.92. The predicted molar refractivity (Wildman–Crippen MR) is 129 cm³/mol. The third-order valence-corrected chi connectivity index (χ3v) is 6.80. The van der Waals surface area contributed by atoms with Gasteiger partial charge >= 0.3 is 0 Å². The molecule has 0 atom stereocenters. The molecule has 0 spiro atoms. The van der Waals surface area contributed by atoms with Gasteiger partial charge in [-0.2, -0.15) is 4.31 Å². The first-order valence-electron chi connectivity index (χ1n) is 10.1. The maximum absolute atomic E-state index is 13.3. The van der Waals surface area contributed by atoms with Crippen LogP contribution in [0, 0.1) is 0 Å². The van der Waals surface area contributed by atoms with Crippen molar-refractivity contribution in [3.05, 3.63) is 95.0 Å². The summed E-state index contributed by atoms with van der Waals surface area (Å²) in [6.45, 7) is -0.387. The van der Waals surface area contributed by atoms with Gasteiger partial charge in [0.2, 0.25) is 15.9 Å². The summed E-state index contributed by atoms with van der Waals surface area (Å²) in [5.41, 5.74) is 1.67. The first kappa shape index (κ1) is 24.4. The molecule has 9 heteroatoms. The van der Waals surface area contributed by atoms with E-state index in [1.807, 2.05) is 6.07 Å². The van der Waals surface area contributed by atoms with E-state index in [2.05, 4.69) is 5.32 Å². The van der Waals surface area contributed by atoms with Crippen molar-refractivity contribution in [3.63, 3.8) is 0 Å². The van der Waals surface area contributed by atoms with Crippen LogP contribution in [0.5, 0.6) is 0 Å². The van der Waals surface area contributed by atoms with Crippen LogP contribution in [0.15, 0.2) is 83.8 Å². The summed E-state index contributed by atoms with van der Waals surface area (Å²) >= 11 is 5.99. The molecule has 0 fully saturated rings. The number of hydrogen-bond acceptors (Lipinski definition) is 4. The number of carbonyl (C=O) groups excluding carboxylic acids is 2. The molecular formula is C24H24ClN3O4S. The zero-order valence-electron chi connectivity index (χ0n) is 18.2. The summed E-state index contributed by atoms with van der Waals surface area (Å²) in [7, 11) is -0.694. The van der Waals surface area contributed by atoms with Crippen LogP contribution in [-0.4, -0.2) is 50.1 Å². The van der Waals surface area contributed by atoms with Crippen LogP contribution in [0.2, 0.25) is 5.02 Å². The number of benzene rings is 3. The van der Waals surface area contributed by atoms with Crippen molar-refractivity contribution in [2.75, 3.05) is 26.0 Å². The molecular weight excluding hydrogens is 462 g/mol. The van der Waals surface area contributed by atoms with E-state index in [1.54, 1.807) is 74.8 Å². The molecule has 0 aromatic heterocycles. The zero-order chi connectivity index (χ0) is 24.0. The van der Waals surface area contributed by atoms with Gasteiger partial charge in [-0.05, 0) is 48.0 Å². The monoisotopic (exact) mass is 485 g/mol. The summed E-state index contributed by atoms with van der Waals surface area (Å²) in [5, 5.41) is 2.98. The standard InChI is InChI=1S/C24H24ClN3O4S/c1-27(2)24(30)19-11-13-21(14-12-19)26-23(29)17-28(16-18-7-4-3-5-8-18)33(31,32)22-10-6-9-20(25)15-22/h3-15H,16-17H2,1-2H3,(H,26,29). The first-order valence-corrected chi connectivity index (χ1v) is 11.9. The summed E-state index contributed by atoms with van der Waals surface area (Å²) in [6, 6.07) is 21.3. The van der Waals surface area contributed by atoms with Gasteiger partial charge < -0.3 is 10.2 Å². The van der Waals surface area contributed by atoms with Crippen molar-refractivity contribution in [2.45, 2.75) is 11.4 Å². The minimum absolute atomic E-state index is 0.00489. The van der Waals surface area contributed by atoms with E-state index in [1.165, 1.54) is 17.0 Å². The Kier molecular flexibility index (Phi) is 7.86. The highest BCUT2D eigenvalue weighted by atomic mass is 35.5. The fourth-order valence-electron chi connectivity index (χ4n) is 3.10. The van der Waals surface area contributed by atoms with E-state index in [9.17, 15) is 18.0 Å². The zero-order valence-corrected chi connectivity index (χ0v) is 19.8. The quantitative estimate of drug-likeness (QED) is 0.524. The van der Waals surface area contributed by atoms with Gasteiger partial charge in [0.1, 0.15) is 0 Å². The Labute approximate surface area is 198 Å². The second kappa shape index (κ2) is 10.6. The Balaban J connectivity index is 1.81. The van der Waals surface area contributed by atoms with Gasteiger partial charge in [-0.25, -0.2) is 8.42 Å². The molecule has 0 bridgehead atoms. The van der Waals surface area contributed by atoms with Gasteiger partial charge in [0.25, 0.3) is 5.91 Å². The maximum Gasteiger partial charge on any atom is 0.253 e. The SMILES string of the molecule is CN(C)C(=O)c1ccc(NC(=O)CN(Cc2ccccc2)S(=O)(=O)c2cccc(Cl)c2)cc1. The number of sulfonamides is 1. The molecule has 3 aromatic rings. The van der Waals surface area contributed by atoms with Crippen LogP contribution in [-0.2, 0) is 21.4 Å². The molecule has 0 aliphatic heterocycles. The number of rotatable bonds is 8. The topological polar surface area (TPSA) is 86.8 Å². The highest BCUT2D eigenvalue weighted by Crippen LogP contribution is 2.22. The molecule has 3 rings (SSSR count). The average molecular weight is 486 g/mol. The fourth-order valence-corrected chi connectivity index (χ4v) is 4.79. The third-order valence-electron chi connectivity index (χ3n) is 4.78. The van der Waals surface area contributed by atoms with Gasteiger partial charge in [-0.15, -0.1) is 0 Å². The Morgan fingerprint density at radius 3 is 2.18 bits per heavy atom. The Morgan fingerprint density at radius 1 is 0.909 bits per heavy atom. The smallest absolute Gasteiger partial charge is 0.253 e. The van der Waals surface area contributed by atoms with Crippen LogP contribution in [0.3, 0.4) is 0 Å². The molecule has 172 valence electrons. The molecule has 2 amide bonds. The lowest BCUT2D eigenvalue weighted by molar-refractivity contribution is -0.116. The number of hydrogen-bond donors (Lipinski definition) is 1. The van der Waals surface area contributed by atoms with E-state index in [-0.39, 0.29) is 22.4 Å². The average Bonchev–Trinajstić information content (AvgIpc) is 2.79. The minimum atomic E-state index is -4.00. The van der Waals surface area contributed by atoms with Crippen LogP contribution in [0.1, 0.15) is 15.9 Å². The molecule has 0 saturated carbocycles. The molecule has 0 radical (unpaired) electrons. The highest BCUT2D eigenvalue weighted by Gasteiger charge is 2.27. The van der Waals surface area contributed by atoms with E-state index >= 15 is 0 Å². The van der Waals surface area contributed by atoms with Crippen molar-refractivity contribution < 1.29 is 18.0 Å². The van der Waals surface area contributed by atoms with Crippen molar-refractivity contribution in [3.8, 4) is 0 Å². The maximum atomic E-state index is 13.3. The molecule has 0 heterocycles. The molecule has 1 N–H and O–H groups in total. The Bertz CT molecular complexity index is 1230. The third kappa shape index (κ3) is 6.41. The van der Waals surface area contributed by atoms with Gasteiger partial charge in [0.15, 0.2) is 0 Å². The number of anilines is 1. The van der Waals surface area contributed by atoms with Gasteiger partial charge in [-0.3, -0.25) is 9.59 Å². The van der Waals surface area contributed by atoms with Crippen molar-refractivity contribution in [1.29, 1.82) is 0 Å². The van der Waals surface area contributed by atoms with Crippen LogP contribution in [0.25, 0.3) is 0 Å². The largest absolute Gasteiger partial charge is 0.345 e. The Hall–Kier alpha value is -3.20. The number of nitrogens with one attached hydrogen (secondary N) is 1. The summed E-state index contributed by atoms with van der Waals surface area (Å²) in [5.74, 6) is -0.669. The number of amides is 2. The van der Waals surface area contributed by atoms with Gasteiger partial charge in [-0.1, -0.05) is 48.0 Å². The van der Waals surface area contributed by atoms with Gasteiger partial charge in [0.05, 0.1) is 11.4 Å². The molecule has 7 nitrogen and oxygen atoms in total. The molecule has 0 saturated heterocycles. The lowest BCUT2D eigenvalue weighted by atomic mass is 10.2. The van der Waals surface area contributed by atoms with Gasteiger partial charge in [0, 0.05) is 36.9 Å². The number of halogens is 1. The summed E-state index contributed by atoms with van der Waals surface area (Å²) in [6.07, 6.45) is 0. The van der Waals surface area contributed by atoms with Crippen molar-refractivity contribution >= 4 is 39.1 Å². The number of nitrogens with zero attached hydrogens (tertiary/aromatic N) is 2. The second-order valence-electron chi connectivity index (χ2n) is 7.54. The van der Waals surface area contributed by atoms with E-state index in [0.29, 0.717) is 11.3 Å². The summed E-state index contributed by atoms with van der Waals surface area (Å²) in [4.78, 5) is 26.2. The molecule has 0 aliphatic rings. The molecule has 33 heavy (non-hydrogen) atoms. The highest BCUT2D eigenvalue weighted by molar-refractivity contribution is 7.89. The lowest BCUT2D eigenvalue weighted by Gasteiger charge is -2.22. The minimum Gasteiger partial charge on any atom is -0.345 e. The normalized spacial score (nSPS) is 11.3. The van der Waals surface area contributed by atoms with Crippen LogP contribution >= 0.6 is 11.6 Å². The number of carbonyl (C=O) groups is 2. The van der Waals surface area contributed by atoms with Crippen LogP contribution in [0.4, 0.5) is 5.69 Å². The summed E-state index contributed by atoms with van der Waals surface area (Å²) < 4.78 is 27.7. The van der Waals surface area contributed by atoms with Crippen molar-refractivity contribution in [1.82, 2.24) is 9.21 Å². The van der Waals surface area contributed by atoms with Crippen LogP contribution < -0.4 is 5.32 Å². The van der Waals surface area contributed by atoms with E-state index in [4.69, 9.17) is 11.6 Å². The predicted octanol–water partition coefficient (Wildman–Crippen LogP) is 3.87. The molecule has 0 aliphatic carbocycles. The van der Waals surface area contributed by atoms with E-state index in [0.717, 1.165) is 9.87 Å². The van der Waals surface area contributed by atoms with E-state index < -0.39 is 22.5 Å². The van der Waals surface area contributed by atoms with Crippen molar-refractivity contribution in [2.24, 2.45) is 0 Å². The lowest BCUT2D eigenvalue weighted by Crippen LogP contribution is -2.37. The first-order chi connectivity index (χ1) is 15.7. The molecule has 0 unspecified atom stereocenters. The fraction of sp³-hybridized carbons (Fsp3) is 0.167. The molecule has 3 aromatic carbocycles.